The molecule has 0 radical (unpaired) electrons. The molecule has 6 nitrogen and oxygen atoms in total. The SMILES string of the molecule is CN1CCC(C(=O)Nc2ncc(-c3cnc(C#N)s3)s2)CC1. The zero-order chi connectivity index (χ0) is 15.5. The highest BCUT2D eigenvalue weighted by molar-refractivity contribution is 7.24. The third-order valence-corrected chi connectivity index (χ3v) is 5.68. The van der Waals surface area contributed by atoms with E-state index < -0.39 is 0 Å². The van der Waals surface area contributed by atoms with Crippen LogP contribution in [-0.2, 0) is 4.79 Å². The normalized spacial score (nSPS) is 16.4. The molecule has 3 heterocycles. The van der Waals surface area contributed by atoms with Gasteiger partial charge in [-0.05, 0) is 33.0 Å². The molecule has 1 fully saturated rings. The first-order valence-electron chi connectivity index (χ1n) is 6.97. The lowest BCUT2D eigenvalue weighted by molar-refractivity contribution is -0.121. The molecule has 114 valence electrons. The number of carbonyl (C=O) groups is 1. The number of anilines is 1. The van der Waals surface area contributed by atoms with Gasteiger partial charge in [0.05, 0.1) is 9.75 Å². The molecular weight excluding hydrogens is 318 g/mol. The zero-order valence-corrected chi connectivity index (χ0v) is 13.7. The van der Waals surface area contributed by atoms with Crippen molar-refractivity contribution in [3.63, 3.8) is 0 Å². The van der Waals surface area contributed by atoms with Crippen LogP contribution in [0.5, 0.6) is 0 Å². The third-order valence-electron chi connectivity index (χ3n) is 3.67. The van der Waals surface area contributed by atoms with Crippen LogP contribution >= 0.6 is 22.7 Å². The number of piperidine rings is 1. The van der Waals surface area contributed by atoms with Crippen molar-refractivity contribution in [2.75, 3.05) is 25.5 Å². The number of likely N-dealkylation sites (tertiary alicyclic amines) is 1. The minimum atomic E-state index is 0.0519. The predicted molar refractivity (Wildman–Crippen MR) is 86.8 cm³/mol. The van der Waals surface area contributed by atoms with Crippen molar-refractivity contribution in [1.82, 2.24) is 14.9 Å². The number of amides is 1. The van der Waals surface area contributed by atoms with Gasteiger partial charge in [-0.3, -0.25) is 4.79 Å². The predicted octanol–water partition coefficient (Wildman–Crippen LogP) is 2.42. The molecule has 0 aliphatic carbocycles. The third kappa shape index (κ3) is 3.32. The maximum atomic E-state index is 12.3. The first kappa shape index (κ1) is 15.1. The van der Waals surface area contributed by atoms with E-state index in [1.807, 2.05) is 6.07 Å². The Morgan fingerprint density at radius 3 is 2.68 bits per heavy atom. The van der Waals surface area contributed by atoms with Crippen LogP contribution < -0.4 is 5.32 Å². The van der Waals surface area contributed by atoms with Crippen LogP contribution in [0.2, 0.25) is 0 Å². The smallest absolute Gasteiger partial charge is 0.229 e. The summed E-state index contributed by atoms with van der Waals surface area (Å²) in [5.74, 6) is 0.119. The van der Waals surface area contributed by atoms with Crippen LogP contribution in [0.3, 0.4) is 0 Å². The van der Waals surface area contributed by atoms with E-state index >= 15 is 0 Å². The molecule has 1 N–H and O–H groups in total. The van der Waals surface area contributed by atoms with Crippen LogP contribution in [0.25, 0.3) is 9.75 Å². The fourth-order valence-corrected chi connectivity index (χ4v) is 3.96. The highest BCUT2D eigenvalue weighted by atomic mass is 32.1. The lowest BCUT2D eigenvalue weighted by Crippen LogP contribution is -2.35. The van der Waals surface area contributed by atoms with Crippen LogP contribution in [0.4, 0.5) is 5.13 Å². The van der Waals surface area contributed by atoms with Crippen molar-refractivity contribution in [1.29, 1.82) is 5.26 Å². The number of rotatable bonds is 3. The molecule has 1 aliphatic heterocycles. The van der Waals surface area contributed by atoms with Crippen molar-refractivity contribution < 1.29 is 4.79 Å². The molecule has 8 heteroatoms. The van der Waals surface area contributed by atoms with E-state index in [0.29, 0.717) is 10.1 Å². The first-order chi connectivity index (χ1) is 10.7. The second-order valence-corrected chi connectivity index (χ2v) is 7.30. The van der Waals surface area contributed by atoms with Crippen LogP contribution in [0.1, 0.15) is 17.8 Å². The van der Waals surface area contributed by atoms with Gasteiger partial charge >= 0.3 is 0 Å². The van der Waals surface area contributed by atoms with Gasteiger partial charge in [-0.15, -0.1) is 11.3 Å². The second-order valence-electron chi connectivity index (χ2n) is 5.24. The highest BCUT2D eigenvalue weighted by Gasteiger charge is 2.24. The van der Waals surface area contributed by atoms with Gasteiger partial charge in [0.1, 0.15) is 6.07 Å². The summed E-state index contributed by atoms with van der Waals surface area (Å²) in [4.78, 5) is 24.6. The Hall–Kier alpha value is -1.82. The molecule has 0 atom stereocenters. The van der Waals surface area contributed by atoms with E-state index in [2.05, 4.69) is 27.2 Å². The van der Waals surface area contributed by atoms with E-state index in [4.69, 9.17) is 5.26 Å². The van der Waals surface area contributed by atoms with Gasteiger partial charge in [0, 0.05) is 18.3 Å². The molecule has 0 saturated carbocycles. The van der Waals surface area contributed by atoms with Crippen molar-refractivity contribution >= 4 is 33.7 Å². The van der Waals surface area contributed by atoms with Crippen molar-refractivity contribution in [3.05, 3.63) is 17.4 Å². The maximum Gasteiger partial charge on any atom is 0.229 e. The minimum absolute atomic E-state index is 0.0519. The standard InChI is InChI=1S/C14H15N5OS2/c1-19-4-2-9(3-5-19)13(20)18-14-17-8-11(22-14)10-7-16-12(6-15)21-10/h7-9H,2-5H2,1H3,(H,17,18,20). The summed E-state index contributed by atoms with van der Waals surface area (Å²) in [7, 11) is 2.08. The van der Waals surface area contributed by atoms with Crippen molar-refractivity contribution in [2.24, 2.45) is 5.92 Å². The van der Waals surface area contributed by atoms with Gasteiger partial charge < -0.3 is 10.2 Å². The molecule has 3 rings (SSSR count). The molecule has 22 heavy (non-hydrogen) atoms. The first-order valence-corrected chi connectivity index (χ1v) is 8.60. The van der Waals surface area contributed by atoms with E-state index in [1.165, 1.54) is 22.7 Å². The summed E-state index contributed by atoms with van der Waals surface area (Å²) < 4.78 is 0. The Bertz CT molecular complexity index is 709. The summed E-state index contributed by atoms with van der Waals surface area (Å²) in [5.41, 5.74) is 0. The molecule has 1 aliphatic rings. The Morgan fingerprint density at radius 2 is 2.00 bits per heavy atom. The van der Waals surface area contributed by atoms with Gasteiger partial charge in [0.2, 0.25) is 5.91 Å². The Kier molecular flexibility index (Phi) is 4.47. The number of hydrogen-bond donors (Lipinski definition) is 1. The number of hydrogen-bond acceptors (Lipinski definition) is 7. The number of aromatic nitrogens is 2. The second kappa shape index (κ2) is 6.52. The van der Waals surface area contributed by atoms with Gasteiger partial charge in [-0.1, -0.05) is 11.3 Å². The topological polar surface area (TPSA) is 81.9 Å². The molecular formula is C14H15N5OS2. The lowest BCUT2D eigenvalue weighted by atomic mass is 9.96. The van der Waals surface area contributed by atoms with Crippen LogP contribution in [-0.4, -0.2) is 40.9 Å². The van der Waals surface area contributed by atoms with Gasteiger partial charge in [-0.2, -0.15) is 5.26 Å². The zero-order valence-electron chi connectivity index (χ0n) is 12.1. The van der Waals surface area contributed by atoms with Crippen LogP contribution in [0.15, 0.2) is 12.4 Å². The number of carbonyl (C=O) groups excluding carboxylic acids is 1. The van der Waals surface area contributed by atoms with E-state index in [9.17, 15) is 4.79 Å². The van der Waals surface area contributed by atoms with Crippen molar-refractivity contribution in [2.45, 2.75) is 12.8 Å². The Balaban J connectivity index is 1.64. The van der Waals surface area contributed by atoms with Gasteiger partial charge in [-0.25, -0.2) is 9.97 Å². The Labute approximate surface area is 136 Å². The molecule has 2 aromatic rings. The average molecular weight is 333 g/mol. The molecule has 0 spiro atoms. The monoisotopic (exact) mass is 333 g/mol. The summed E-state index contributed by atoms with van der Waals surface area (Å²) in [6, 6.07) is 2.02. The van der Waals surface area contributed by atoms with E-state index in [-0.39, 0.29) is 11.8 Å². The maximum absolute atomic E-state index is 12.3. The number of nitriles is 1. The summed E-state index contributed by atoms with van der Waals surface area (Å²) in [6.07, 6.45) is 5.16. The summed E-state index contributed by atoms with van der Waals surface area (Å²) >= 11 is 2.74. The number of thiazole rings is 2. The molecule has 0 unspecified atom stereocenters. The molecule has 2 aromatic heterocycles. The largest absolute Gasteiger partial charge is 0.306 e. The number of nitrogens with one attached hydrogen (secondary N) is 1. The highest BCUT2D eigenvalue weighted by Crippen LogP contribution is 2.33. The lowest BCUT2D eigenvalue weighted by Gasteiger charge is -2.27. The molecule has 0 bridgehead atoms. The summed E-state index contributed by atoms with van der Waals surface area (Å²) in [5, 5.41) is 12.8. The molecule has 0 aromatic carbocycles. The van der Waals surface area contributed by atoms with Crippen molar-refractivity contribution in [3.8, 4) is 15.8 Å². The molecule has 1 saturated heterocycles. The quantitative estimate of drug-likeness (QED) is 0.933. The number of nitrogens with zero attached hydrogens (tertiary/aromatic N) is 4. The average Bonchev–Trinajstić information content (AvgIpc) is 3.16. The molecule has 1 amide bonds. The Morgan fingerprint density at radius 1 is 1.32 bits per heavy atom. The van der Waals surface area contributed by atoms with Gasteiger partial charge in [0.25, 0.3) is 0 Å². The summed E-state index contributed by atoms with van der Waals surface area (Å²) in [6.45, 7) is 1.91. The fourth-order valence-electron chi connectivity index (χ4n) is 2.36. The fraction of sp³-hybridized carbons (Fsp3) is 0.429. The van der Waals surface area contributed by atoms with Crippen LogP contribution in [0, 0.1) is 17.2 Å². The minimum Gasteiger partial charge on any atom is -0.306 e. The van der Waals surface area contributed by atoms with E-state index in [1.54, 1.807) is 12.4 Å². The van der Waals surface area contributed by atoms with Gasteiger partial charge in [0.15, 0.2) is 10.1 Å². The van der Waals surface area contributed by atoms with E-state index in [0.717, 1.165) is 35.7 Å².